The van der Waals surface area contributed by atoms with E-state index in [9.17, 15) is 19.2 Å². The molecule has 2 atom stereocenters. The van der Waals surface area contributed by atoms with E-state index in [1.165, 1.54) is 0 Å². The predicted octanol–water partition coefficient (Wildman–Crippen LogP) is 3.04. The van der Waals surface area contributed by atoms with E-state index in [2.05, 4.69) is 5.32 Å². The molecule has 0 spiro atoms. The predicted molar refractivity (Wildman–Crippen MR) is 133 cm³/mol. The van der Waals surface area contributed by atoms with E-state index < -0.39 is 24.0 Å². The van der Waals surface area contributed by atoms with Crippen molar-refractivity contribution < 1.29 is 29.1 Å². The molecule has 1 aliphatic carbocycles. The number of ether oxygens (including phenoxy) is 1. The van der Waals surface area contributed by atoms with Crippen molar-refractivity contribution in [1.82, 2.24) is 15.7 Å². The summed E-state index contributed by atoms with van der Waals surface area (Å²) in [5.41, 5.74) is 2.54. The van der Waals surface area contributed by atoms with E-state index in [-0.39, 0.29) is 24.3 Å². The molecule has 9 heteroatoms. The fourth-order valence-electron chi connectivity index (χ4n) is 5.02. The van der Waals surface area contributed by atoms with Crippen molar-refractivity contribution in [3.63, 3.8) is 0 Å². The Morgan fingerprint density at radius 3 is 2.33 bits per heavy atom. The van der Waals surface area contributed by atoms with Gasteiger partial charge in [-0.25, -0.2) is 10.3 Å². The summed E-state index contributed by atoms with van der Waals surface area (Å²) >= 11 is 0. The standard InChI is InChI=1S/C27H39N3O6/c31-24(29-35)16-6-1-2-7-17-25(32)30-18-10-15-23(30)26(33)28-22(19-20-11-4-3-5-12-20)27(34)36-21-13-8-9-14-21/h3-5,11-12,21-23,35H,1-2,6-10,13-19H2,(H,28,33)(H,29,31)/t22?,23-/m0/s1. The number of amides is 3. The number of carbonyl (C=O) groups is 4. The fraction of sp³-hybridized carbons (Fsp3) is 0.630. The summed E-state index contributed by atoms with van der Waals surface area (Å²) in [6, 6.07) is 8.16. The second kappa shape index (κ2) is 14.6. The van der Waals surface area contributed by atoms with Crippen LogP contribution in [0.3, 0.4) is 0 Å². The minimum Gasteiger partial charge on any atom is -0.461 e. The number of nitrogens with one attached hydrogen (secondary N) is 2. The number of hydrogen-bond donors (Lipinski definition) is 3. The lowest BCUT2D eigenvalue weighted by Crippen LogP contribution is -2.52. The minimum atomic E-state index is -0.797. The van der Waals surface area contributed by atoms with E-state index in [4.69, 9.17) is 9.94 Å². The van der Waals surface area contributed by atoms with Crippen LogP contribution in [0.1, 0.15) is 82.6 Å². The Morgan fingerprint density at radius 1 is 0.944 bits per heavy atom. The number of esters is 1. The smallest absolute Gasteiger partial charge is 0.329 e. The molecule has 198 valence electrons. The lowest BCUT2D eigenvalue weighted by molar-refractivity contribution is -0.153. The second-order valence-electron chi connectivity index (χ2n) is 9.79. The van der Waals surface area contributed by atoms with Gasteiger partial charge in [-0.3, -0.25) is 19.6 Å². The third-order valence-corrected chi connectivity index (χ3v) is 7.01. The van der Waals surface area contributed by atoms with Gasteiger partial charge in [0, 0.05) is 25.8 Å². The van der Waals surface area contributed by atoms with Crippen LogP contribution in [0, 0.1) is 0 Å². The Hall–Kier alpha value is -2.94. The maximum atomic E-state index is 13.2. The van der Waals surface area contributed by atoms with E-state index in [0.717, 1.165) is 50.5 Å². The molecule has 9 nitrogen and oxygen atoms in total. The topological polar surface area (TPSA) is 125 Å². The summed E-state index contributed by atoms with van der Waals surface area (Å²) in [7, 11) is 0. The fourth-order valence-corrected chi connectivity index (χ4v) is 5.02. The largest absolute Gasteiger partial charge is 0.461 e. The van der Waals surface area contributed by atoms with Crippen molar-refractivity contribution in [3.05, 3.63) is 35.9 Å². The summed E-state index contributed by atoms with van der Waals surface area (Å²) < 4.78 is 5.72. The van der Waals surface area contributed by atoms with Crippen LogP contribution in [0.2, 0.25) is 0 Å². The average Bonchev–Trinajstić information content (AvgIpc) is 3.58. The molecule has 3 N–H and O–H groups in total. The van der Waals surface area contributed by atoms with Crippen LogP contribution in [0.25, 0.3) is 0 Å². The van der Waals surface area contributed by atoms with Crippen LogP contribution in [-0.4, -0.2) is 58.5 Å². The second-order valence-corrected chi connectivity index (χ2v) is 9.79. The lowest BCUT2D eigenvalue weighted by Gasteiger charge is -2.27. The summed E-state index contributed by atoms with van der Waals surface area (Å²) in [5, 5.41) is 11.4. The van der Waals surface area contributed by atoms with Crippen molar-refractivity contribution in [3.8, 4) is 0 Å². The van der Waals surface area contributed by atoms with Crippen LogP contribution in [0.4, 0.5) is 0 Å². The molecule has 3 rings (SSSR count). The van der Waals surface area contributed by atoms with E-state index in [1.54, 1.807) is 10.4 Å². The lowest BCUT2D eigenvalue weighted by atomic mass is 10.0. The summed E-state index contributed by atoms with van der Waals surface area (Å²) in [5.74, 6) is -1.19. The quantitative estimate of drug-likeness (QED) is 0.165. The highest BCUT2D eigenvalue weighted by Gasteiger charge is 2.36. The Morgan fingerprint density at radius 2 is 1.64 bits per heavy atom. The highest BCUT2D eigenvalue weighted by Crippen LogP contribution is 2.23. The number of carbonyl (C=O) groups excluding carboxylic acids is 4. The van der Waals surface area contributed by atoms with Gasteiger partial charge < -0.3 is 15.0 Å². The molecule has 1 aliphatic heterocycles. The molecule has 1 unspecified atom stereocenters. The van der Waals surface area contributed by atoms with E-state index in [1.807, 2.05) is 30.3 Å². The number of unbranched alkanes of at least 4 members (excludes halogenated alkanes) is 3. The van der Waals surface area contributed by atoms with Crippen molar-refractivity contribution in [2.45, 2.75) is 102 Å². The molecule has 36 heavy (non-hydrogen) atoms. The molecule has 0 radical (unpaired) electrons. The summed E-state index contributed by atoms with van der Waals surface area (Å²) in [6.45, 7) is 0.531. The Bertz CT molecular complexity index is 872. The molecular weight excluding hydrogens is 462 g/mol. The molecule has 2 aliphatic rings. The molecule has 3 amide bonds. The first-order chi connectivity index (χ1) is 17.5. The van der Waals surface area contributed by atoms with Crippen molar-refractivity contribution in [1.29, 1.82) is 0 Å². The number of hydroxylamine groups is 1. The zero-order valence-corrected chi connectivity index (χ0v) is 21.0. The number of nitrogens with zero attached hydrogens (tertiary/aromatic N) is 1. The minimum absolute atomic E-state index is 0.0612. The molecule has 1 aromatic carbocycles. The molecular formula is C27H39N3O6. The SMILES string of the molecule is O=C(CCCCCCC(=O)N1CCC[C@H]1C(=O)NC(Cc1ccccc1)C(=O)OC1CCCC1)NO. The summed E-state index contributed by atoms with van der Waals surface area (Å²) in [4.78, 5) is 51.8. The van der Waals surface area contributed by atoms with Crippen molar-refractivity contribution >= 4 is 23.7 Å². The van der Waals surface area contributed by atoms with Crippen LogP contribution in [0.5, 0.6) is 0 Å². The zero-order chi connectivity index (χ0) is 25.8. The molecule has 1 saturated heterocycles. The van der Waals surface area contributed by atoms with Gasteiger partial charge in [-0.2, -0.15) is 0 Å². The third-order valence-electron chi connectivity index (χ3n) is 7.01. The Labute approximate surface area is 212 Å². The highest BCUT2D eigenvalue weighted by molar-refractivity contribution is 5.91. The first-order valence-electron chi connectivity index (χ1n) is 13.2. The first-order valence-corrected chi connectivity index (χ1v) is 13.2. The van der Waals surface area contributed by atoms with Crippen LogP contribution < -0.4 is 10.8 Å². The van der Waals surface area contributed by atoms with Gasteiger partial charge in [0.2, 0.25) is 17.7 Å². The molecule has 1 heterocycles. The Kier molecular flexibility index (Phi) is 11.2. The van der Waals surface area contributed by atoms with Gasteiger partial charge in [0.25, 0.3) is 0 Å². The maximum Gasteiger partial charge on any atom is 0.329 e. The Balaban J connectivity index is 1.52. The van der Waals surface area contributed by atoms with Gasteiger partial charge in [0.1, 0.15) is 18.2 Å². The van der Waals surface area contributed by atoms with Gasteiger partial charge in [-0.05, 0) is 56.9 Å². The molecule has 1 saturated carbocycles. The molecule has 0 aromatic heterocycles. The number of likely N-dealkylation sites (tertiary alicyclic amines) is 1. The monoisotopic (exact) mass is 501 g/mol. The van der Waals surface area contributed by atoms with Crippen molar-refractivity contribution in [2.75, 3.05) is 6.54 Å². The average molecular weight is 502 g/mol. The van der Waals surface area contributed by atoms with Crippen molar-refractivity contribution in [2.24, 2.45) is 0 Å². The van der Waals surface area contributed by atoms with Gasteiger partial charge in [0.15, 0.2) is 0 Å². The number of benzene rings is 1. The molecule has 1 aromatic rings. The number of hydrogen-bond acceptors (Lipinski definition) is 6. The van der Waals surface area contributed by atoms with Crippen LogP contribution in [0.15, 0.2) is 30.3 Å². The normalized spacial score (nSPS) is 18.6. The van der Waals surface area contributed by atoms with E-state index in [0.29, 0.717) is 38.6 Å². The molecule has 2 fully saturated rings. The van der Waals surface area contributed by atoms with E-state index >= 15 is 0 Å². The number of rotatable bonds is 13. The molecule has 0 bridgehead atoms. The maximum absolute atomic E-state index is 13.2. The van der Waals surface area contributed by atoms with Crippen LogP contribution >= 0.6 is 0 Å². The van der Waals surface area contributed by atoms with Gasteiger partial charge in [-0.15, -0.1) is 0 Å². The van der Waals surface area contributed by atoms with Gasteiger partial charge >= 0.3 is 5.97 Å². The third kappa shape index (κ3) is 8.62. The summed E-state index contributed by atoms with van der Waals surface area (Å²) in [6.07, 6.45) is 8.88. The first kappa shape index (κ1) is 27.6. The van der Waals surface area contributed by atoms with Gasteiger partial charge in [-0.1, -0.05) is 43.2 Å². The zero-order valence-electron chi connectivity index (χ0n) is 21.0. The van der Waals surface area contributed by atoms with Crippen LogP contribution in [-0.2, 0) is 30.3 Å². The highest BCUT2D eigenvalue weighted by atomic mass is 16.5. The van der Waals surface area contributed by atoms with Gasteiger partial charge in [0.05, 0.1) is 0 Å².